The van der Waals surface area contributed by atoms with E-state index >= 15 is 0 Å². The number of carbonyl (C=O) groups is 2. The summed E-state index contributed by atoms with van der Waals surface area (Å²) in [5.74, 6) is -0.380. The van der Waals surface area contributed by atoms with Crippen molar-refractivity contribution in [2.24, 2.45) is 0 Å². The summed E-state index contributed by atoms with van der Waals surface area (Å²) in [6.45, 7) is 5.41. The van der Waals surface area contributed by atoms with Crippen molar-refractivity contribution >= 4 is 33.4 Å². The van der Waals surface area contributed by atoms with Crippen molar-refractivity contribution in [3.63, 3.8) is 0 Å². The summed E-state index contributed by atoms with van der Waals surface area (Å²) in [5, 5.41) is 5.30. The number of hydrogen-bond acceptors (Lipinski definition) is 2. The fourth-order valence-electron chi connectivity index (χ4n) is 1.22. The molecule has 0 aliphatic heterocycles. The Labute approximate surface area is 108 Å². The molecule has 0 saturated carbocycles. The molecule has 0 saturated heterocycles. The Morgan fingerprint density at radius 1 is 1.41 bits per heavy atom. The van der Waals surface area contributed by atoms with Gasteiger partial charge in [-0.3, -0.25) is 9.59 Å². The van der Waals surface area contributed by atoms with Gasteiger partial charge in [-0.25, -0.2) is 0 Å². The van der Waals surface area contributed by atoms with Crippen LogP contribution in [-0.4, -0.2) is 18.4 Å². The van der Waals surface area contributed by atoms with E-state index in [1.165, 1.54) is 6.92 Å². The molecule has 0 aromatic heterocycles. The molecule has 0 aliphatic carbocycles. The lowest BCUT2D eigenvalue weighted by atomic mass is 10.2. The lowest BCUT2D eigenvalue weighted by molar-refractivity contribution is -0.114. The summed E-state index contributed by atoms with van der Waals surface area (Å²) in [5.41, 5.74) is 1.09. The number of hydrogen-bond donors (Lipinski definition) is 2. The Morgan fingerprint density at radius 2 is 2.12 bits per heavy atom. The monoisotopic (exact) mass is 296 g/mol. The van der Waals surface area contributed by atoms with Crippen molar-refractivity contribution in [1.82, 2.24) is 5.32 Å². The zero-order valence-corrected chi connectivity index (χ0v) is 11.0. The standard InChI is InChI=1S/C12H13BrN2O2/c1-8(13)7-14-12(17)10-4-3-5-11(6-10)15-9(2)16/h3-6H,1,7H2,2H3,(H,14,17)(H,15,16). The Morgan fingerprint density at radius 3 is 2.71 bits per heavy atom. The molecule has 0 fully saturated rings. The Kier molecular flexibility index (Phi) is 4.90. The fourth-order valence-corrected chi connectivity index (χ4v) is 1.36. The third kappa shape index (κ3) is 4.82. The average molecular weight is 297 g/mol. The van der Waals surface area contributed by atoms with Gasteiger partial charge in [0.15, 0.2) is 0 Å². The number of amides is 2. The fraction of sp³-hybridized carbons (Fsp3) is 0.167. The summed E-state index contributed by atoms with van der Waals surface area (Å²) in [4.78, 5) is 22.6. The first-order chi connectivity index (χ1) is 7.99. The van der Waals surface area contributed by atoms with E-state index in [1.807, 2.05) is 0 Å². The summed E-state index contributed by atoms with van der Waals surface area (Å²) < 4.78 is 0.698. The highest BCUT2D eigenvalue weighted by Crippen LogP contribution is 2.10. The van der Waals surface area contributed by atoms with Crippen LogP contribution in [0.5, 0.6) is 0 Å². The van der Waals surface area contributed by atoms with Crippen LogP contribution in [0.1, 0.15) is 17.3 Å². The van der Waals surface area contributed by atoms with Crippen LogP contribution in [0.25, 0.3) is 0 Å². The predicted octanol–water partition coefficient (Wildman–Crippen LogP) is 2.28. The van der Waals surface area contributed by atoms with Gasteiger partial charge in [-0.15, -0.1) is 0 Å². The minimum Gasteiger partial charge on any atom is -0.347 e. The van der Waals surface area contributed by atoms with Gasteiger partial charge in [0.1, 0.15) is 0 Å². The molecule has 4 nitrogen and oxygen atoms in total. The minimum absolute atomic E-state index is 0.170. The second-order valence-electron chi connectivity index (χ2n) is 3.46. The maximum atomic E-state index is 11.7. The molecular formula is C12H13BrN2O2. The average Bonchev–Trinajstić information content (AvgIpc) is 2.25. The van der Waals surface area contributed by atoms with Crippen LogP contribution in [0.2, 0.25) is 0 Å². The predicted molar refractivity (Wildman–Crippen MR) is 71.1 cm³/mol. The summed E-state index contributed by atoms with van der Waals surface area (Å²) >= 11 is 3.16. The molecule has 0 atom stereocenters. The van der Waals surface area contributed by atoms with Crippen LogP contribution in [0.15, 0.2) is 35.3 Å². The van der Waals surface area contributed by atoms with E-state index in [0.29, 0.717) is 22.3 Å². The SMILES string of the molecule is C=C(Br)CNC(=O)c1cccc(NC(C)=O)c1. The number of rotatable bonds is 4. The summed E-state index contributed by atoms with van der Waals surface area (Å²) in [6, 6.07) is 6.73. The van der Waals surface area contributed by atoms with E-state index in [4.69, 9.17) is 0 Å². The third-order valence-corrected chi connectivity index (χ3v) is 2.17. The van der Waals surface area contributed by atoms with Crippen LogP contribution in [0, 0.1) is 0 Å². The van der Waals surface area contributed by atoms with Crippen LogP contribution in [0.4, 0.5) is 5.69 Å². The molecule has 1 rings (SSSR count). The zero-order valence-electron chi connectivity index (χ0n) is 9.42. The Hall–Kier alpha value is -1.62. The maximum Gasteiger partial charge on any atom is 0.251 e. The Bertz CT molecular complexity index is 458. The van der Waals surface area contributed by atoms with E-state index in [1.54, 1.807) is 24.3 Å². The van der Waals surface area contributed by atoms with Gasteiger partial charge in [0, 0.05) is 29.2 Å². The molecule has 1 aromatic rings. The van der Waals surface area contributed by atoms with Crippen molar-refractivity contribution in [1.29, 1.82) is 0 Å². The molecule has 5 heteroatoms. The van der Waals surface area contributed by atoms with Gasteiger partial charge in [0.05, 0.1) is 0 Å². The van der Waals surface area contributed by atoms with Gasteiger partial charge in [0.2, 0.25) is 5.91 Å². The second-order valence-corrected chi connectivity index (χ2v) is 4.58. The van der Waals surface area contributed by atoms with Crippen LogP contribution in [-0.2, 0) is 4.79 Å². The van der Waals surface area contributed by atoms with Crippen LogP contribution in [0.3, 0.4) is 0 Å². The highest BCUT2D eigenvalue weighted by molar-refractivity contribution is 9.11. The first-order valence-corrected chi connectivity index (χ1v) is 5.77. The Balaban J connectivity index is 2.73. The van der Waals surface area contributed by atoms with Crippen LogP contribution >= 0.6 is 15.9 Å². The van der Waals surface area contributed by atoms with Crippen molar-refractivity contribution in [3.8, 4) is 0 Å². The third-order valence-electron chi connectivity index (χ3n) is 1.89. The first-order valence-electron chi connectivity index (χ1n) is 4.98. The van der Waals surface area contributed by atoms with Gasteiger partial charge in [-0.05, 0) is 18.2 Å². The van der Waals surface area contributed by atoms with Gasteiger partial charge in [0.25, 0.3) is 5.91 Å². The van der Waals surface area contributed by atoms with E-state index in [-0.39, 0.29) is 11.8 Å². The lowest BCUT2D eigenvalue weighted by Gasteiger charge is -2.06. The molecule has 0 radical (unpaired) electrons. The van der Waals surface area contributed by atoms with E-state index in [2.05, 4.69) is 33.1 Å². The number of halogens is 1. The molecule has 0 spiro atoms. The maximum absolute atomic E-state index is 11.7. The minimum atomic E-state index is -0.210. The highest BCUT2D eigenvalue weighted by Gasteiger charge is 2.06. The highest BCUT2D eigenvalue weighted by atomic mass is 79.9. The van der Waals surface area contributed by atoms with Gasteiger partial charge in [-0.1, -0.05) is 28.6 Å². The van der Waals surface area contributed by atoms with Crippen molar-refractivity contribution in [2.75, 3.05) is 11.9 Å². The molecule has 0 bridgehead atoms. The van der Waals surface area contributed by atoms with E-state index < -0.39 is 0 Å². The summed E-state index contributed by atoms with van der Waals surface area (Å²) in [6.07, 6.45) is 0. The van der Waals surface area contributed by atoms with E-state index in [0.717, 1.165) is 0 Å². The van der Waals surface area contributed by atoms with Crippen molar-refractivity contribution in [2.45, 2.75) is 6.92 Å². The van der Waals surface area contributed by atoms with Gasteiger partial charge in [-0.2, -0.15) is 0 Å². The smallest absolute Gasteiger partial charge is 0.251 e. The van der Waals surface area contributed by atoms with Crippen molar-refractivity contribution < 1.29 is 9.59 Å². The molecular weight excluding hydrogens is 284 g/mol. The quantitative estimate of drug-likeness (QED) is 0.895. The normalized spacial score (nSPS) is 9.53. The lowest BCUT2D eigenvalue weighted by Crippen LogP contribution is -2.24. The number of benzene rings is 1. The molecule has 90 valence electrons. The largest absolute Gasteiger partial charge is 0.347 e. The first kappa shape index (κ1) is 13.4. The molecule has 0 heterocycles. The second kappa shape index (κ2) is 6.20. The van der Waals surface area contributed by atoms with Crippen molar-refractivity contribution in [3.05, 3.63) is 40.9 Å². The number of nitrogens with one attached hydrogen (secondary N) is 2. The summed E-state index contributed by atoms with van der Waals surface area (Å²) in [7, 11) is 0. The van der Waals surface area contributed by atoms with Crippen LogP contribution < -0.4 is 10.6 Å². The molecule has 2 amide bonds. The van der Waals surface area contributed by atoms with E-state index in [9.17, 15) is 9.59 Å². The van der Waals surface area contributed by atoms with Gasteiger partial charge < -0.3 is 10.6 Å². The zero-order chi connectivity index (χ0) is 12.8. The topological polar surface area (TPSA) is 58.2 Å². The molecule has 0 aliphatic rings. The number of anilines is 1. The van der Waals surface area contributed by atoms with Gasteiger partial charge >= 0.3 is 0 Å². The molecule has 0 unspecified atom stereocenters. The number of carbonyl (C=O) groups excluding carboxylic acids is 2. The molecule has 1 aromatic carbocycles. The molecule has 2 N–H and O–H groups in total. The molecule has 17 heavy (non-hydrogen) atoms.